The van der Waals surface area contributed by atoms with Crippen molar-refractivity contribution in [3.05, 3.63) is 57.4 Å². The Morgan fingerprint density at radius 1 is 1.23 bits per heavy atom. The molecule has 0 radical (unpaired) electrons. The molecule has 30 heavy (non-hydrogen) atoms. The second-order valence-electron chi connectivity index (χ2n) is 7.55. The minimum absolute atomic E-state index is 0.0721. The number of aromatic amines is 1. The number of hydrogen-bond acceptors (Lipinski definition) is 4. The van der Waals surface area contributed by atoms with Crippen molar-refractivity contribution in [2.24, 2.45) is 5.92 Å². The number of nitrogens with zero attached hydrogens (tertiary/aromatic N) is 1. The molecule has 0 bridgehead atoms. The van der Waals surface area contributed by atoms with Gasteiger partial charge in [0.25, 0.3) is 5.91 Å². The fraction of sp³-hybridized carbons (Fsp3) is 0.409. The first-order chi connectivity index (χ1) is 14.3. The molecule has 1 aromatic carbocycles. The van der Waals surface area contributed by atoms with Gasteiger partial charge < -0.3 is 19.9 Å². The highest BCUT2D eigenvalue weighted by Crippen LogP contribution is 2.23. The van der Waals surface area contributed by atoms with Crippen LogP contribution in [0, 0.1) is 19.8 Å². The van der Waals surface area contributed by atoms with Gasteiger partial charge in [0.2, 0.25) is 5.91 Å². The molecule has 160 valence electrons. The van der Waals surface area contributed by atoms with E-state index in [9.17, 15) is 14.4 Å². The number of rotatable bonds is 5. The van der Waals surface area contributed by atoms with E-state index in [1.807, 2.05) is 12.1 Å². The second-order valence-corrected chi connectivity index (χ2v) is 7.99. The lowest BCUT2D eigenvalue weighted by Crippen LogP contribution is -2.45. The van der Waals surface area contributed by atoms with E-state index in [0.717, 1.165) is 18.4 Å². The smallest absolute Gasteiger partial charge is 0.339 e. The predicted molar refractivity (Wildman–Crippen MR) is 114 cm³/mol. The SMILES string of the molecule is COC(=O)c1c(C)[nH]c(C(=O)N2CCC[C@@H](C(=O)NCc3ccc(Cl)cc3)C2)c1C. The molecule has 0 unspecified atom stereocenters. The van der Waals surface area contributed by atoms with Crippen LogP contribution >= 0.6 is 11.6 Å². The number of carbonyl (C=O) groups excluding carboxylic acids is 3. The molecule has 0 aliphatic carbocycles. The summed E-state index contributed by atoms with van der Waals surface area (Å²) in [5.74, 6) is -1.03. The Bertz CT molecular complexity index is 952. The van der Waals surface area contributed by atoms with E-state index < -0.39 is 5.97 Å². The molecule has 2 heterocycles. The van der Waals surface area contributed by atoms with Crippen LogP contribution in [0.25, 0.3) is 0 Å². The number of likely N-dealkylation sites (tertiary alicyclic amines) is 1. The summed E-state index contributed by atoms with van der Waals surface area (Å²) >= 11 is 5.89. The lowest BCUT2D eigenvalue weighted by atomic mass is 9.96. The number of hydrogen-bond donors (Lipinski definition) is 2. The molecule has 1 aromatic heterocycles. The molecule has 7 nitrogen and oxygen atoms in total. The molecule has 2 N–H and O–H groups in total. The lowest BCUT2D eigenvalue weighted by molar-refractivity contribution is -0.126. The Kier molecular flexibility index (Phi) is 6.82. The van der Waals surface area contributed by atoms with Gasteiger partial charge in [-0.2, -0.15) is 0 Å². The number of aromatic nitrogens is 1. The lowest BCUT2D eigenvalue weighted by Gasteiger charge is -2.32. The van der Waals surface area contributed by atoms with Gasteiger partial charge in [-0.25, -0.2) is 4.79 Å². The Hall–Kier alpha value is -2.80. The fourth-order valence-electron chi connectivity index (χ4n) is 3.84. The number of ether oxygens (including phenoxy) is 1. The molecule has 0 saturated carbocycles. The van der Waals surface area contributed by atoms with E-state index >= 15 is 0 Å². The van der Waals surface area contributed by atoms with Crippen LogP contribution in [0.5, 0.6) is 0 Å². The monoisotopic (exact) mass is 431 g/mol. The maximum absolute atomic E-state index is 13.1. The minimum Gasteiger partial charge on any atom is -0.465 e. The van der Waals surface area contributed by atoms with Gasteiger partial charge in [0.15, 0.2) is 0 Å². The highest BCUT2D eigenvalue weighted by Gasteiger charge is 2.31. The molecular formula is C22H26ClN3O4. The van der Waals surface area contributed by atoms with E-state index in [1.54, 1.807) is 30.9 Å². The van der Waals surface area contributed by atoms with Gasteiger partial charge in [0.05, 0.1) is 18.6 Å². The average Bonchev–Trinajstić information content (AvgIpc) is 3.06. The number of halogens is 1. The van der Waals surface area contributed by atoms with Crippen LogP contribution < -0.4 is 5.32 Å². The zero-order chi connectivity index (χ0) is 21.8. The van der Waals surface area contributed by atoms with Crippen molar-refractivity contribution in [2.75, 3.05) is 20.2 Å². The van der Waals surface area contributed by atoms with E-state index in [0.29, 0.717) is 47.2 Å². The second kappa shape index (κ2) is 9.34. The van der Waals surface area contributed by atoms with Crippen LogP contribution in [0.15, 0.2) is 24.3 Å². The van der Waals surface area contributed by atoms with Gasteiger partial charge in [0, 0.05) is 30.4 Å². The van der Waals surface area contributed by atoms with Gasteiger partial charge in [-0.05, 0) is 49.9 Å². The standard InChI is InChI=1S/C22H26ClN3O4/c1-13-18(22(29)30-3)14(2)25-19(13)21(28)26-10-4-5-16(12-26)20(27)24-11-15-6-8-17(23)9-7-15/h6-9,16,25H,4-5,10-12H2,1-3H3,(H,24,27)/t16-/m1/s1. The van der Waals surface area contributed by atoms with Crippen LogP contribution in [0.4, 0.5) is 0 Å². The van der Waals surface area contributed by atoms with Crippen molar-refractivity contribution in [3.63, 3.8) is 0 Å². The van der Waals surface area contributed by atoms with Crippen LogP contribution in [0.1, 0.15) is 50.5 Å². The molecule has 1 fully saturated rings. The zero-order valence-electron chi connectivity index (χ0n) is 17.4. The molecule has 3 rings (SSSR count). The van der Waals surface area contributed by atoms with E-state index in [-0.39, 0.29) is 17.7 Å². The predicted octanol–water partition coefficient (Wildman–Crippen LogP) is 3.24. The normalized spacial score (nSPS) is 16.3. The molecule has 0 spiro atoms. The first-order valence-corrected chi connectivity index (χ1v) is 10.3. The molecule has 1 aliphatic rings. The maximum Gasteiger partial charge on any atom is 0.339 e. The number of carbonyl (C=O) groups is 3. The number of esters is 1. The van der Waals surface area contributed by atoms with Crippen molar-refractivity contribution < 1.29 is 19.1 Å². The largest absolute Gasteiger partial charge is 0.465 e. The third-order valence-corrected chi connectivity index (χ3v) is 5.75. The molecule has 8 heteroatoms. The highest BCUT2D eigenvalue weighted by molar-refractivity contribution is 6.30. The number of H-pyrrole nitrogens is 1. The van der Waals surface area contributed by atoms with E-state index in [4.69, 9.17) is 16.3 Å². The topological polar surface area (TPSA) is 91.5 Å². The van der Waals surface area contributed by atoms with Crippen molar-refractivity contribution in [1.82, 2.24) is 15.2 Å². The quantitative estimate of drug-likeness (QED) is 0.711. The number of piperidine rings is 1. The number of aryl methyl sites for hydroxylation is 1. The third-order valence-electron chi connectivity index (χ3n) is 5.50. The Labute approximate surface area is 180 Å². The van der Waals surface area contributed by atoms with Gasteiger partial charge in [0.1, 0.15) is 5.69 Å². The summed E-state index contributed by atoms with van der Waals surface area (Å²) in [5, 5.41) is 3.60. The Morgan fingerprint density at radius 3 is 2.60 bits per heavy atom. The first kappa shape index (κ1) is 21.9. The minimum atomic E-state index is -0.474. The van der Waals surface area contributed by atoms with Gasteiger partial charge in [-0.15, -0.1) is 0 Å². The van der Waals surface area contributed by atoms with Crippen molar-refractivity contribution >= 4 is 29.4 Å². The summed E-state index contributed by atoms with van der Waals surface area (Å²) in [7, 11) is 1.31. The summed E-state index contributed by atoms with van der Waals surface area (Å²) < 4.78 is 4.81. The van der Waals surface area contributed by atoms with Crippen molar-refractivity contribution in [1.29, 1.82) is 0 Å². The average molecular weight is 432 g/mol. The number of amides is 2. The fourth-order valence-corrected chi connectivity index (χ4v) is 3.97. The van der Waals surface area contributed by atoms with Gasteiger partial charge in [-0.3, -0.25) is 9.59 Å². The maximum atomic E-state index is 13.1. The summed E-state index contributed by atoms with van der Waals surface area (Å²) in [6, 6.07) is 7.31. The number of benzene rings is 1. The first-order valence-electron chi connectivity index (χ1n) is 9.90. The third kappa shape index (κ3) is 4.67. The van der Waals surface area contributed by atoms with Gasteiger partial charge in [-0.1, -0.05) is 23.7 Å². The van der Waals surface area contributed by atoms with Crippen molar-refractivity contribution in [2.45, 2.75) is 33.2 Å². The summed E-state index contributed by atoms with van der Waals surface area (Å²) in [5.41, 5.74) is 2.88. The van der Waals surface area contributed by atoms with Crippen LogP contribution in [0.3, 0.4) is 0 Å². The zero-order valence-corrected chi connectivity index (χ0v) is 18.1. The van der Waals surface area contributed by atoms with Gasteiger partial charge >= 0.3 is 5.97 Å². The van der Waals surface area contributed by atoms with Crippen LogP contribution in [-0.2, 0) is 16.1 Å². The van der Waals surface area contributed by atoms with Crippen LogP contribution in [0.2, 0.25) is 5.02 Å². The van der Waals surface area contributed by atoms with E-state index in [1.165, 1.54) is 7.11 Å². The Morgan fingerprint density at radius 2 is 1.93 bits per heavy atom. The molecular weight excluding hydrogens is 406 g/mol. The molecule has 2 amide bonds. The molecule has 1 atom stereocenters. The van der Waals surface area contributed by atoms with E-state index in [2.05, 4.69) is 10.3 Å². The highest BCUT2D eigenvalue weighted by atomic mass is 35.5. The number of nitrogens with one attached hydrogen (secondary N) is 2. The number of methoxy groups -OCH3 is 1. The van der Waals surface area contributed by atoms with Crippen LogP contribution in [-0.4, -0.2) is 47.9 Å². The summed E-state index contributed by atoms with van der Waals surface area (Å²) in [6.07, 6.45) is 1.47. The molecule has 1 aliphatic heterocycles. The summed E-state index contributed by atoms with van der Waals surface area (Å²) in [4.78, 5) is 42.4. The molecule has 2 aromatic rings. The van der Waals surface area contributed by atoms with Crippen molar-refractivity contribution in [3.8, 4) is 0 Å². The summed E-state index contributed by atoms with van der Waals surface area (Å²) in [6.45, 7) is 4.79. The Balaban J connectivity index is 1.65. The molecule has 1 saturated heterocycles.